The standard InChI is InChI=1S/C17H20ClNO4S/c1-11-8-14(11)16-6-4-12(23-16)10-19(2)24(20,21)13-5-7-17(22-3)15(18)9-13/h4-7,9,11,14H,8,10H2,1-3H3/t11-,14+/m1/s1. The van der Waals surface area contributed by atoms with E-state index in [9.17, 15) is 8.42 Å². The number of furan rings is 1. The zero-order valence-electron chi connectivity index (χ0n) is 13.8. The summed E-state index contributed by atoms with van der Waals surface area (Å²) in [5, 5.41) is 0.259. The Labute approximate surface area is 147 Å². The van der Waals surface area contributed by atoms with Gasteiger partial charge < -0.3 is 9.15 Å². The highest BCUT2D eigenvalue weighted by atomic mass is 35.5. The number of methoxy groups -OCH3 is 1. The molecule has 0 radical (unpaired) electrons. The van der Waals surface area contributed by atoms with Crippen molar-refractivity contribution in [3.05, 3.63) is 46.9 Å². The van der Waals surface area contributed by atoms with E-state index >= 15 is 0 Å². The summed E-state index contributed by atoms with van der Waals surface area (Å²) >= 11 is 6.03. The summed E-state index contributed by atoms with van der Waals surface area (Å²) in [6.07, 6.45) is 1.13. The zero-order chi connectivity index (χ0) is 17.5. The Bertz CT molecular complexity index is 846. The number of halogens is 1. The van der Waals surface area contributed by atoms with E-state index in [1.165, 1.54) is 30.6 Å². The van der Waals surface area contributed by atoms with Gasteiger partial charge in [0, 0.05) is 13.0 Å². The lowest BCUT2D eigenvalue weighted by Crippen LogP contribution is -2.26. The second-order valence-electron chi connectivity index (χ2n) is 6.18. The van der Waals surface area contributed by atoms with Crippen molar-refractivity contribution in [1.82, 2.24) is 4.31 Å². The van der Waals surface area contributed by atoms with Crippen LogP contribution in [0.15, 0.2) is 39.6 Å². The van der Waals surface area contributed by atoms with Crippen LogP contribution in [0.5, 0.6) is 5.75 Å². The van der Waals surface area contributed by atoms with Gasteiger partial charge in [-0.15, -0.1) is 0 Å². The second kappa shape index (κ2) is 6.43. The van der Waals surface area contributed by atoms with Crippen LogP contribution >= 0.6 is 11.6 Å². The number of sulfonamides is 1. The number of hydrogen-bond donors (Lipinski definition) is 0. The molecule has 1 aromatic heterocycles. The molecule has 24 heavy (non-hydrogen) atoms. The van der Waals surface area contributed by atoms with Crippen molar-refractivity contribution in [3.63, 3.8) is 0 Å². The SMILES string of the molecule is COc1ccc(S(=O)(=O)N(C)Cc2ccc([C@H]3C[C@H]3C)o2)cc1Cl. The van der Waals surface area contributed by atoms with Crippen LogP contribution in [-0.4, -0.2) is 26.9 Å². The van der Waals surface area contributed by atoms with Crippen molar-refractivity contribution in [2.45, 2.75) is 30.7 Å². The minimum absolute atomic E-state index is 0.124. The van der Waals surface area contributed by atoms with E-state index in [1.807, 2.05) is 12.1 Å². The zero-order valence-corrected chi connectivity index (χ0v) is 15.4. The molecule has 130 valence electrons. The van der Waals surface area contributed by atoms with Crippen molar-refractivity contribution >= 4 is 21.6 Å². The molecule has 1 aliphatic carbocycles. The molecule has 0 unspecified atom stereocenters. The number of nitrogens with zero attached hydrogens (tertiary/aromatic N) is 1. The molecular formula is C17H20ClNO4S. The Morgan fingerprint density at radius 1 is 1.33 bits per heavy atom. The fourth-order valence-corrected chi connectivity index (χ4v) is 4.18. The lowest BCUT2D eigenvalue weighted by molar-refractivity contribution is 0.389. The monoisotopic (exact) mass is 369 g/mol. The van der Waals surface area contributed by atoms with Crippen LogP contribution in [0.1, 0.15) is 30.8 Å². The lowest BCUT2D eigenvalue weighted by Gasteiger charge is -2.16. The van der Waals surface area contributed by atoms with E-state index in [4.69, 9.17) is 20.8 Å². The van der Waals surface area contributed by atoms with Crippen molar-refractivity contribution in [2.24, 2.45) is 5.92 Å². The molecule has 1 fully saturated rings. The maximum absolute atomic E-state index is 12.7. The average Bonchev–Trinajstić information content (AvgIpc) is 3.09. The van der Waals surface area contributed by atoms with E-state index in [2.05, 4.69) is 6.92 Å². The molecule has 5 nitrogen and oxygen atoms in total. The Balaban J connectivity index is 1.76. The topological polar surface area (TPSA) is 59.8 Å². The van der Waals surface area contributed by atoms with Gasteiger partial charge in [0.1, 0.15) is 17.3 Å². The normalized spacial score (nSPS) is 20.4. The van der Waals surface area contributed by atoms with E-state index in [0.717, 1.165) is 12.2 Å². The number of rotatable bonds is 6. The Morgan fingerprint density at radius 2 is 2.04 bits per heavy atom. The molecule has 1 saturated carbocycles. The maximum Gasteiger partial charge on any atom is 0.243 e. The quantitative estimate of drug-likeness (QED) is 0.775. The molecule has 1 aliphatic rings. The molecule has 7 heteroatoms. The van der Waals surface area contributed by atoms with Crippen LogP contribution in [0.2, 0.25) is 5.02 Å². The third-order valence-electron chi connectivity index (χ3n) is 4.37. The van der Waals surface area contributed by atoms with Gasteiger partial charge in [-0.2, -0.15) is 4.31 Å². The largest absolute Gasteiger partial charge is 0.495 e. The summed E-state index contributed by atoms with van der Waals surface area (Å²) in [5.74, 6) is 3.13. The van der Waals surface area contributed by atoms with E-state index in [-0.39, 0.29) is 16.5 Å². The Morgan fingerprint density at radius 3 is 2.62 bits per heavy atom. The predicted molar refractivity (Wildman–Crippen MR) is 91.9 cm³/mol. The van der Waals surface area contributed by atoms with Gasteiger partial charge in [-0.05, 0) is 42.7 Å². The average molecular weight is 370 g/mol. The highest BCUT2D eigenvalue weighted by molar-refractivity contribution is 7.89. The van der Waals surface area contributed by atoms with Crippen LogP contribution < -0.4 is 4.74 Å². The molecule has 0 saturated heterocycles. The summed E-state index contributed by atoms with van der Waals surface area (Å²) in [7, 11) is -0.651. The van der Waals surface area contributed by atoms with E-state index < -0.39 is 10.0 Å². The first-order valence-electron chi connectivity index (χ1n) is 7.71. The van der Waals surface area contributed by atoms with Gasteiger partial charge in [-0.25, -0.2) is 8.42 Å². The van der Waals surface area contributed by atoms with Crippen molar-refractivity contribution in [3.8, 4) is 5.75 Å². The summed E-state index contributed by atoms with van der Waals surface area (Å²) in [6.45, 7) is 2.35. The molecule has 0 N–H and O–H groups in total. The van der Waals surface area contributed by atoms with E-state index in [1.54, 1.807) is 6.07 Å². The molecule has 1 heterocycles. The first-order valence-corrected chi connectivity index (χ1v) is 9.53. The summed E-state index contributed by atoms with van der Waals surface area (Å²) < 4.78 is 37.5. The molecule has 0 aliphatic heterocycles. The van der Waals surface area contributed by atoms with Crippen LogP contribution in [0.3, 0.4) is 0 Å². The van der Waals surface area contributed by atoms with Crippen LogP contribution in [0.25, 0.3) is 0 Å². The number of ether oxygens (including phenoxy) is 1. The minimum Gasteiger partial charge on any atom is -0.495 e. The van der Waals surface area contributed by atoms with Gasteiger partial charge in [-0.3, -0.25) is 0 Å². The molecule has 0 spiro atoms. The molecule has 1 aromatic carbocycles. The summed E-state index contributed by atoms with van der Waals surface area (Å²) in [6, 6.07) is 8.20. The summed E-state index contributed by atoms with van der Waals surface area (Å²) in [5.41, 5.74) is 0. The Hall–Kier alpha value is -1.50. The predicted octanol–water partition coefficient (Wildman–Crippen LogP) is 3.89. The van der Waals surface area contributed by atoms with Gasteiger partial charge in [0.25, 0.3) is 0 Å². The summed E-state index contributed by atoms with van der Waals surface area (Å²) in [4.78, 5) is 0.124. The first kappa shape index (κ1) is 17.3. The highest BCUT2D eigenvalue weighted by Crippen LogP contribution is 2.47. The molecule has 2 aromatic rings. The minimum atomic E-state index is -3.66. The highest BCUT2D eigenvalue weighted by Gasteiger charge is 2.36. The van der Waals surface area contributed by atoms with Gasteiger partial charge in [-0.1, -0.05) is 18.5 Å². The molecule has 0 bridgehead atoms. The maximum atomic E-state index is 12.7. The lowest BCUT2D eigenvalue weighted by atomic mass is 10.3. The van der Waals surface area contributed by atoms with Gasteiger partial charge in [0.2, 0.25) is 10.0 Å². The van der Waals surface area contributed by atoms with Gasteiger partial charge in [0.05, 0.1) is 23.6 Å². The van der Waals surface area contributed by atoms with Crippen LogP contribution in [0, 0.1) is 5.92 Å². The molecular weight excluding hydrogens is 350 g/mol. The number of benzene rings is 1. The first-order chi connectivity index (χ1) is 11.3. The second-order valence-corrected chi connectivity index (χ2v) is 8.63. The van der Waals surface area contributed by atoms with Crippen molar-refractivity contribution in [2.75, 3.05) is 14.2 Å². The molecule has 2 atom stereocenters. The fraction of sp³-hybridized carbons (Fsp3) is 0.412. The number of hydrogen-bond acceptors (Lipinski definition) is 4. The van der Waals surface area contributed by atoms with E-state index in [0.29, 0.717) is 23.3 Å². The Kier molecular flexibility index (Phi) is 4.64. The van der Waals surface area contributed by atoms with Gasteiger partial charge >= 0.3 is 0 Å². The van der Waals surface area contributed by atoms with Crippen molar-refractivity contribution in [1.29, 1.82) is 0 Å². The van der Waals surface area contributed by atoms with Crippen LogP contribution in [-0.2, 0) is 16.6 Å². The molecule has 3 rings (SSSR count). The third-order valence-corrected chi connectivity index (χ3v) is 6.46. The third kappa shape index (κ3) is 3.31. The van der Waals surface area contributed by atoms with Crippen LogP contribution in [0.4, 0.5) is 0 Å². The molecule has 0 amide bonds. The fourth-order valence-electron chi connectivity index (χ4n) is 2.69. The van der Waals surface area contributed by atoms with Gasteiger partial charge in [0.15, 0.2) is 0 Å². The van der Waals surface area contributed by atoms with Crippen molar-refractivity contribution < 1.29 is 17.6 Å². The smallest absolute Gasteiger partial charge is 0.243 e.